The Morgan fingerprint density at radius 2 is 2.23 bits per heavy atom. The van der Waals surface area contributed by atoms with Gasteiger partial charge >= 0.3 is 0 Å². The summed E-state index contributed by atoms with van der Waals surface area (Å²) in [5.41, 5.74) is 4.30. The van der Waals surface area contributed by atoms with Crippen molar-refractivity contribution in [2.45, 2.75) is 51.6 Å². The quantitative estimate of drug-likeness (QED) is 0.787. The van der Waals surface area contributed by atoms with Gasteiger partial charge in [0.25, 0.3) is 0 Å². The standard InChI is InChI=1S/C19H23N3/c1-3-7-21-11-14-9-18-16(8-13(2)10-22(18)12-20)15-5-4-6-17(21)19(14)15/h4-6,11,13,16,18H,3,7-10H2,1-2H3/t13-,16?,18-/m1/s1. The van der Waals surface area contributed by atoms with Crippen LogP contribution in [0.15, 0.2) is 24.4 Å². The Morgan fingerprint density at radius 3 is 3.00 bits per heavy atom. The maximum Gasteiger partial charge on any atom is 0.179 e. The van der Waals surface area contributed by atoms with Crippen molar-refractivity contribution in [2.75, 3.05) is 6.54 Å². The summed E-state index contributed by atoms with van der Waals surface area (Å²) in [7, 11) is 0. The topological polar surface area (TPSA) is 32.0 Å². The summed E-state index contributed by atoms with van der Waals surface area (Å²) >= 11 is 0. The molecule has 3 heteroatoms. The Hall–Kier alpha value is -1.95. The molecule has 3 atom stereocenters. The molecule has 3 nitrogen and oxygen atoms in total. The monoisotopic (exact) mass is 293 g/mol. The number of rotatable bonds is 2. The van der Waals surface area contributed by atoms with Crippen molar-refractivity contribution in [2.24, 2.45) is 5.92 Å². The maximum atomic E-state index is 9.55. The van der Waals surface area contributed by atoms with E-state index in [1.165, 1.54) is 28.5 Å². The Morgan fingerprint density at radius 1 is 1.36 bits per heavy atom. The smallest absolute Gasteiger partial charge is 0.179 e. The second-order valence-electron chi connectivity index (χ2n) is 7.06. The Bertz CT molecular complexity index is 752. The Labute approximate surface area is 132 Å². The summed E-state index contributed by atoms with van der Waals surface area (Å²) < 4.78 is 2.41. The van der Waals surface area contributed by atoms with Gasteiger partial charge in [-0.05, 0) is 42.4 Å². The van der Waals surface area contributed by atoms with Crippen LogP contribution < -0.4 is 0 Å². The molecule has 2 aromatic rings. The average Bonchev–Trinajstić information content (AvgIpc) is 2.87. The van der Waals surface area contributed by atoms with Gasteiger partial charge in [0.2, 0.25) is 0 Å². The molecule has 1 unspecified atom stereocenters. The van der Waals surface area contributed by atoms with E-state index in [2.05, 4.69) is 49.0 Å². The van der Waals surface area contributed by atoms with Crippen molar-refractivity contribution in [3.63, 3.8) is 0 Å². The predicted molar refractivity (Wildman–Crippen MR) is 88.6 cm³/mol. The maximum absolute atomic E-state index is 9.55. The van der Waals surface area contributed by atoms with Gasteiger partial charge in [-0.3, -0.25) is 0 Å². The van der Waals surface area contributed by atoms with E-state index in [9.17, 15) is 5.26 Å². The lowest BCUT2D eigenvalue weighted by Crippen LogP contribution is -2.46. The fraction of sp³-hybridized carbons (Fsp3) is 0.526. The number of piperidine rings is 1. The fourth-order valence-corrected chi connectivity index (χ4v) is 4.64. The van der Waals surface area contributed by atoms with Crippen molar-refractivity contribution in [1.82, 2.24) is 9.47 Å². The van der Waals surface area contributed by atoms with E-state index in [0.29, 0.717) is 17.9 Å². The largest absolute Gasteiger partial charge is 0.347 e. The van der Waals surface area contributed by atoms with Crippen LogP contribution in [-0.2, 0) is 13.0 Å². The summed E-state index contributed by atoms with van der Waals surface area (Å²) in [4.78, 5) is 2.04. The summed E-state index contributed by atoms with van der Waals surface area (Å²) in [6.45, 7) is 6.50. The molecule has 114 valence electrons. The minimum Gasteiger partial charge on any atom is -0.347 e. The highest BCUT2D eigenvalue weighted by atomic mass is 15.2. The number of likely N-dealkylation sites (tertiary alicyclic amines) is 1. The van der Waals surface area contributed by atoms with Crippen LogP contribution in [0.1, 0.15) is 43.7 Å². The van der Waals surface area contributed by atoms with Crippen molar-refractivity contribution in [3.8, 4) is 6.19 Å². The molecule has 1 aromatic carbocycles. The van der Waals surface area contributed by atoms with Gasteiger partial charge in [0.05, 0.1) is 6.04 Å². The molecule has 0 N–H and O–H groups in total. The molecule has 22 heavy (non-hydrogen) atoms. The number of aromatic nitrogens is 1. The zero-order valence-corrected chi connectivity index (χ0v) is 13.4. The van der Waals surface area contributed by atoms with Crippen LogP contribution in [0.2, 0.25) is 0 Å². The van der Waals surface area contributed by atoms with Gasteiger partial charge in [0.1, 0.15) is 0 Å². The lowest BCUT2D eigenvalue weighted by atomic mass is 9.73. The van der Waals surface area contributed by atoms with Crippen molar-refractivity contribution < 1.29 is 0 Å². The third-order valence-corrected chi connectivity index (χ3v) is 5.47. The number of hydrogen-bond acceptors (Lipinski definition) is 2. The highest BCUT2D eigenvalue weighted by Gasteiger charge is 2.39. The van der Waals surface area contributed by atoms with Gasteiger partial charge in [-0.1, -0.05) is 26.0 Å². The molecule has 4 rings (SSSR count). The first-order valence-electron chi connectivity index (χ1n) is 8.50. The average molecular weight is 293 g/mol. The molecule has 2 aliphatic rings. The van der Waals surface area contributed by atoms with E-state index >= 15 is 0 Å². The third-order valence-electron chi connectivity index (χ3n) is 5.47. The number of benzene rings is 1. The van der Waals surface area contributed by atoms with Crippen LogP contribution in [0.25, 0.3) is 10.9 Å². The van der Waals surface area contributed by atoms with Gasteiger partial charge in [0.15, 0.2) is 6.19 Å². The van der Waals surface area contributed by atoms with Crippen molar-refractivity contribution >= 4 is 10.9 Å². The van der Waals surface area contributed by atoms with Gasteiger partial charge in [-0.25, -0.2) is 0 Å². The number of nitriles is 1. The molecule has 1 fully saturated rings. The molecule has 0 amide bonds. The molecule has 0 bridgehead atoms. The highest BCUT2D eigenvalue weighted by molar-refractivity contribution is 5.89. The van der Waals surface area contributed by atoms with Crippen LogP contribution in [0, 0.1) is 17.4 Å². The molecular weight excluding hydrogens is 270 g/mol. The van der Waals surface area contributed by atoms with Crippen LogP contribution in [-0.4, -0.2) is 22.1 Å². The normalized spacial score (nSPS) is 26.8. The second-order valence-corrected chi connectivity index (χ2v) is 7.06. The van der Waals surface area contributed by atoms with Crippen LogP contribution in [0.5, 0.6) is 0 Å². The minimum atomic E-state index is 0.358. The first-order valence-corrected chi connectivity index (χ1v) is 8.50. The van der Waals surface area contributed by atoms with Crippen molar-refractivity contribution in [1.29, 1.82) is 5.26 Å². The number of nitrogens with zero attached hydrogens (tertiary/aromatic N) is 3. The van der Waals surface area contributed by atoms with Gasteiger partial charge in [-0.15, -0.1) is 0 Å². The molecule has 1 aliphatic heterocycles. The first kappa shape index (κ1) is 13.7. The summed E-state index contributed by atoms with van der Waals surface area (Å²) in [6.07, 6.45) is 8.18. The molecule has 0 saturated carbocycles. The van der Waals surface area contributed by atoms with Crippen molar-refractivity contribution in [3.05, 3.63) is 35.5 Å². The van der Waals surface area contributed by atoms with E-state index in [0.717, 1.165) is 25.9 Å². The summed E-state index contributed by atoms with van der Waals surface area (Å²) in [5.74, 6) is 1.10. The van der Waals surface area contributed by atoms with E-state index in [-0.39, 0.29) is 0 Å². The Kier molecular flexibility index (Phi) is 3.14. The molecule has 1 aliphatic carbocycles. The van der Waals surface area contributed by atoms with E-state index in [4.69, 9.17) is 0 Å². The lowest BCUT2D eigenvalue weighted by molar-refractivity contribution is 0.149. The lowest BCUT2D eigenvalue weighted by Gasteiger charge is -2.43. The molecule has 0 radical (unpaired) electrons. The van der Waals surface area contributed by atoms with Crippen LogP contribution in [0.4, 0.5) is 0 Å². The van der Waals surface area contributed by atoms with E-state index < -0.39 is 0 Å². The third kappa shape index (κ3) is 1.86. The fourth-order valence-electron chi connectivity index (χ4n) is 4.64. The summed E-state index contributed by atoms with van der Waals surface area (Å²) in [5, 5.41) is 11.0. The van der Waals surface area contributed by atoms with E-state index in [1.807, 2.05) is 4.90 Å². The zero-order chi connectivity index (χ0) is 15.3. The predicted octanol–water partition coefficient (Wildman–Crippen LogP) is 3.88. The summed E-state index contributed by atoms with van der Waals surface area (Å²) in [6, 6.07) is 7.11. The van der Waals surface area contributed by atoms with Crippen LogP contribution >= 0.6 is 0 Å². The van der Waals surface area contributed by atoms with Gasteiger partial charge < -0.3 is 9.47 Å². The molecular formula is C19H23N3. The second kappa shape index (κ2) is 5.05. The zero-order valence-electron chi connectivity index (χ0n) is 13.4. The number of aryl methyl sites for hydroxylation is 1. The van der Waals surface area contributed by atoms with E-state index in [1.54, 1.807) is 0 Å². The molecule has 2 heterocycles. The number of fused-ring (bicyclic) bond motifs is 2. The SMILES string of the molecule is CCCn1cc2c3c(cccc31)C1C[C@@H](C)CN(C#N)[C@@H]1C2. The van der Waals surface area contributed by atoms with Gasteiger partial charge in [0, 0.05) is 36.1 Å². The Balaban J connectivity index is 1.88. The number of hydrogen-bond donors (Lipinski definition) is 0. The molecule has 1 aromatic heterocycles. The molecule has 0 spiro atoms. The highest BCUT2D eigenvalue weighted by Crippen LogP contribution is 2.45. The van der Waals surface area contributed by atoms with Crippen LogP contribution in [0.3, 0.4) is 0 Å². The minimum absolute atomic E-state index is 0.358. The molecule has 1 saturated heterocycles. The first-order chi connectivity index (χ1) is 10.7. The van der Waals surface area contributed by atoms with Gasteiger partial charge in [-0.2, -0.15) is 5.26 Å².